The first-order valence-corrected chi connectivity index (χ1v) is 6.05. The summed E-state index contributed by atoms with van der Waals surface area (Å²) in [6.45, 7) is 0. The molecule has 21 heavy (non-hydrogen) atoms. The molecule has 0 unspecified atom stereocenters. The van der Waals surface area contributed by atoms with Crippen molar-refractivity contribution < 1.29 is 18.1 Å². The van der Waals surface area contributed by atoms with Crippen LogP contribution in [0, 0.1) is 15.9 Å². The quantitative estimate of drug-likeness (QED) is 0.633. The lowest BCUT2D eigenvalue weighted by atomic mass is 10.1. The highest BCUT2D eigenvalue weighted by Crippen LogP contribution is 2.33. The number of nitrogens with one attached hydrogen (secondary N) is 1. The van der Waals surface area contributed by atoms with E-state index in [0.717, 1.165) is 24.3 Å². The summed E-state index contributed by atoms with van der Waals surface area (Å²) in [6.07, 6.45) is -2.90. The summed E-state index contributed by atoms with van der Waals surface area (Å²) in [4.78, 5) is 9.85. The highest BCUT2D eigenvalue weighted by atomic mass is 35.5. The molecule has 0 aromatic heterocycles. The van der Waals surface area contributed by atoms with Gasteiger partial charge >= 0.3 is 0 Å². The maximum Gasteiger partial charge on any atom is 0.270 e. The Labute approximate surface area is 122 Å². The van der Waals surface area contributed by atoms with Crippen LogP contribution in [0.4, 0.5) is 30.2 Å². The molecule has 0 radical (unpaired) electrons. The zero-order chi connectivity index (χ0) is 15.6. The molecule has 0 atom stereocenters. The van der Waals surface area contributed by atoms with E-state index >= 15 is 0 Å². The smallest absolute Gasteiger partial charge is 0.270 e. The van der Waals surface area contributed by atoms with E-state index in [0.29, 0.717) is 0 Å². The predicted molar refractivity (Wildman–Crippen MR) is 72.7 cm³/mol. The Balaban J connectivity index is 2.38. The molecule has 0 saturated carbocycles. The zero-order valence-corrected chi connectivity index (χ0v) is 11.1. The average Bonchev–Trinajstić information content (AvgIpc) is 2.43. The summed E-state index contributed by atoms with van der Waals surface area (Å²) in [5, 5.41) is 13.1. The second-order valence-electron chi connectivity index (χ2n) is 4.08. The van der Waals surface area contributed by atoms with Gasteiger partial charge in [0, 0.05) is 29.1 Å². The van der Waals surface area contributed by atoms with Gasteiger partial charge in [0.1, 0.15) is 5.82 Å². The van der Waals surface area contributed by atoms with E-state index in [1.54, 1.807) is 0 Å². The molecule has 2 rings (SSSR count). The summed E-state index contributed by atoms with van der Waals surface area (Å²) in [7, 11) is 0. The van der Waals surface area contributed by atoms with Crippen LogP contribution in [-0.2, 0) is 0 Å². The minimum absolute atomic E-state index is 0.0155. The molecule has 0 aliphatic rings. The van der Waals surface area contributed by atoms with Crippen molar-refractivity contribution in [1.82, 2.24) is 0 Å². The standard InChI is InChI=1S/C13H8ClF3N2O2/c14-10-5-7(1-3-11(10)15)18-12-4-2-8(19(20)21)6-9(12)13(16)17/h1-6,13,18H. The van der Waals surface area contributed by atoms with Crippen LogP contribution in [0.2, 0.25) is 5.02 Å². The molecule has 0 saturated heterocycles. The summed E-state index contributed by atoms with van der Waals surface area (Å²) in [5.74, 6) is -0.639. The van der Waals surface area contributed by atoms with Crippen LogP contribution in [0.5, 0.6) is 0 Å². The van der Waals surface area contributed by atoms with E-state index in [2.05, 4.69) is 5.32 Å². The van der Waals surface area contributed by atoms with Gasteiger partial charge < -0.3 is 5.32 Å². The second-order valence-corrected chi connectivity index (χ2v) is 4.49. The largest absolute Gasteiger partial charge is 0.355 e. The van der Waals surface area contributed by atoms with Gasteiger partial charge in [-0.15, -0.1) is 0 Å². The van der Waals surface area contributed by atoms with Crippen molar-refractivity contribution in [2.75, 3.05) is 5.32 Å². The lowest BCUT2D eigenvalue weighted by molar-refractivity contribution is -0.385. The van der Waals surface area contributed by atoms with Gasteiger partial charge in [0.2, 0.25) is 0 Å². The van der Waals surface area contributed by atoms with Crippen LogP contribution in [-0.4, -0.2) is 4.92 Å². The third kappa shape index (κ3) is 3.43. The second kappa shape index (κ2) is 6.01. The Kier molecular flexibility index (Phi) is 4.32. The molecule has 0 amide bonds. The van der Waals surface area contributed by atoms with E-state index in [1.165, 1.54) is 12.1 Å². The monoisotopic (exact) mass is 316 g/mol. The van der Waals surface area contributed by atoms with E-state index in [-0.39, 0.29) is 16.4 Å². The Hall–Kier alpha value is -2.28. The van der Waals surface area contributed by atoms with Crippen molar-refractivity contribution in [1.29, 1.82) is 0 Å². The molecular weight excluding hydrogens is 309 g/mol. The van der Waals surface area contributed by atoms with Crippen molar-refractivity contribution in [3.8, 4) is 0 Å². The first-order chi connectivity index (χ1) is 9.88. The van der Waals surface area contributed by atoms with Gasteiger partial charge in [0.05, 0.1) is 9.95 Å². The van der Waals surface area contributed by atoms with Crippen LogP contribution >= 0.6 is 11.6 Å². The SMILES string of the molecule is O=[N+]([O-])c1ccc(Nc2ccc(F)c(Cl)c2)c(C(F)F)c1. The van der Waals surface area contributed by atoms with E-state index in [4.69, 9.17) is 11.6 Å². The van der Waals surface area contributed by atoms with Gasteiger partial charge in [-0.05, 0) is 24.3 Å². The molecule has 110 valence electrons. The normalized spacial score (nSPS) is 10.7. The number of hydrogen-bond donors (Lipinski definition) is 1. The molecule has 8 heteroatoms. The highest BCUT2D eigenvalue weighted by molar-refractivity contribution is 6.31. The topological polar surface area (TPSA) is 55.2 Å². The summed E-state index contributed by atoms with van der Waals surface area (Å²) in [6, 6.07) is 6.68. The van der Waals surface area contributed by atoms with Gasteiger partial charge in [0.25, 0.3) is 12.1 Å². The fourth-order valence-corrected chi connectivity index (χ4v) is 1.87. The van der Waals surface area contributed by atoms with Crippen LogP contribution in [0.1, 0.15) is 12.0 Å². The van der Waals surface area contributed by atoms with Crippen molar-refractivity contribution in [2.24, 2.45) is 0 Å². The number of alkyl halides is 2. The summed E-state index contributed by atoms with van der Waals surface area (Å²) >= 11 is 5.60. The van der Waals surface area contributed by atoms with Gasteiger partial charge in [-0.2, -0.15) is 0 Å². The summed E-state index contributed by atoms with van der Waals surface area (Å²) < 4.78 is 39.0. The molecule has 0 bridgehead atoms. The zero-order valence-electron chi connectivity index (χ0n) is 10.3. The Morgan fingerprint density at radius 3 is 2.48 bits per heavy atom. The molecule has 0 spiro atoms. The lowest BCUT2D eigenvalue weighted by Crippen LogP contribution is -1.99. The van der Waals surface area contributed by atoms with Gasteiger partial charge in [-0.1, -0.05) is 11.6 Å². The number of halogens is 4. The lowest BCUT2D eigenvalue weighted by Gasteiger charge is -2.12. The highest BCUT2D eigenvalue weighted by Gasteiger charge is 2.18. The number of hydrogen-bond acceptors (Lipinski definition) is 3. The van der Waals surface area contributed by atoms with Crippen LogP contribution < -0.4 is 5.32 Å². The number of anilines is 2. The number of rotatable bonds is 4. The molecule has 1 N–H and O–H groups in total. The Morgan fingerprint density at radius 2 is 1.90 bits per heavy atom. The fraction of sp³-hybridized carbons (Fsp3) is 0.0769. The molecule has 0 fully saturated rings. The Bertz CT molecular complexity index is 695. The number of non-ortho nitro benzene ring substituents is 1. The van der Waals surface area contributed by atoms with Gasteiger partial charge in [0.15, 0.2) is 0 Å². The van der Waals surface area contributed by atoms with Crippen LogP contribution in [0.3, 0.4) is 0 Å². The third-order valence-corrected chi connectivity index (χ3v) is 2.97. The summed E-state index contributed by atoms with van der Waals surface area (Å²) in [5.41, 5.74) is -0.687. The molecule has 2 aromatic carbocycles. The number of nitro groups is 1. The minimum Gasteiger partial charge on any atom is -0.355 e. The van der Waals surface area contributed by atoms with Crippen molar-refractivity contribution >= 4 is 28.7 Å². The van der Waals surface area contributed by atoms with Gasteiger partial charge in [-0.25, -0.2) is 13.2 Å². The first-order valence-electron chi connectivity index (χ1n) is 5.67. The molecule has 0 aliphatic heterocycles. The average molecular weight is 317 g/mol. The maximum absolute atomic E-state index is 13.0. The maximum atomic E-state index is 13.0. The number of nitro benzene ring substituents is 1. The molecule has 0 heterocycles. The van der Waals surface area contributed by atoms with Crippen LogP contribution in [0.15, 0.2) is 36.4 Å². The molecule has 0 aliphatic carbocycles. The van der Waals surface area contributed by atoms with Gasteiger partial charge in [-0.3, -0.25) is 10.1 Å². The van der Waals surface area contributed by atoms with E-state index in [9.17, 15) is 23.3 Å². The first kappa shape index (κ1) is 15.1. The molecular formula is C13H8ClF3N2O2. The van der Waals surface area contributed by atoms with Crippen molar-refractivity contribution in [3.05, 3.63) is 62.9 Å². The predicted octanol–water partition coefficient (Wildman–Crippen LogP) is 5.07. The van der Waals surface area contributed by atoms with Crippen LogP contribution in [0.25, 0.3) is 0 Å². The van der Waals surface area contributed by atoms with Crippen molar-refractivity contribution in [2.45, 2.75) is 6.43 Å². The van der Waals surface area contributed by atoms with E-state index < -0.39 is 28.4 Å². The van der Waals surface area contributed by atoms with Crippen molar-refractivity contribution in [3.63, 3.8) is 0 Å². The molecule has 4 nitrogen and oxygen atoms in total. The fourth-order valence-electron chi connectivity index (χ4n) is 1.69. The Morgan fingerprint density at radius 1 is 1.19 bits per heavy atom. The molecule has 2 aromatic rings. The minimum atomic E-state index is -2.90. The number of nitrogens with zero attached hydrogens (tertiary/aromatic N) is 1. The number of benzene rings is 2. The third-order valence-electron chi connectivity index (χ3n) is 2.68. The van der Waals surface area contributed by atoms with E-state index in [1.807, 2.05) is 0 Å².